The van der Waals surface area contributed by atoms with Gasteiger partial charge in [-0.15, -0.1) is 0 Å². The van der Waals surface area contributed by atoms with Crippen molar-refractivity contribution in [2.75, 3.05) is 0 Å². The largest absolute Gasteiger partial charge is 0.454 e. The SMILES string of the molecule is c1ccc(-c2ccc3c(c2)c2cc(-c4ccccc4)ccc2n3-c2cccc3c2oc2cc(-c4nc(-c5ccccc5)c5ccccc5n4)ccc23)cc1. The standard InChI is InChI=1S/C50H31N3O/c1-4-13-32(14-5-1)35-24-27-44-41(29-35)42-30-36(33-15-6-2-7-16-33)25-28-45(42)53(44)46-22-12-20-39-38-26-23-37(31-47(38)54-49(39)46)50-51-43-21-11-10-19-40(43)48(52-50)34-17-8-3-9-18-34/h1-31H. The summed E-state index contributed by atoms with van der Waals surface area (Å²) in [5, 5.41) is 5.54. The second-order valence-electron chi connectivity index (χ2n) is 13.8. The van der Waals surface area contributed by atoms with Crippen LogP contribution in [0.1, 0.15) is 0 Å². The smallest absolute Gasteiger partial charge is 0.160 e. The molecule has 11 aromatic rings. The molecule has 0 radical (unpaired) electrons. The van der Waals surface area contributed by atoms with Crippen molar-refractivity contribution >= 4 is 54.6 Å². The lowest BCUT2D eigenvalue weighted by atomic mass is 10.0. The van der Waals surface area contributed by atoms with Gasteiger partial charge in [0.25, 0.3) is 0 Å². The van der Waals surface area contributed by atoms with E-state index in [1.807, 2.05) is 30.3 Å². The number of furan rings is 1. The average molecular weight is 690 g/mol. The van der Waals surface area contributed by atoms with Gasteiger partial charge in [-0.05, 0) is 70.8 Å². The van der Waals surface area contributed by atoms with Crippen LogP contribution in [0.25, 0.3) is 105 Å². The number of aromatic nitrogens is 3. The predicted molar refractivity (Wildman–Crippen MR) is 223 cm³/mol. The Labute approximate surface area is 311 Å². The molecule has 0 aliphatic carbocycles. The van der Waals surface area contributed by atoms with E-state index in [4.69, 9.17) is 14.4 Å². The minimum Gasteiger partial charge on any atom is -0.454 e. The number of rotatable bonds is 5. The molecule has 4 nitrogen and oxygen atoms in total. The van der Waals surface area contributed by atoms with Gasteiger partial charge in [0.1, 0.15) is 5.58 Å². The summed E-state index contributed by atoms with van der Waals surface area (Å²) in [6.45, 7) is 0. The van der Waals surface area contributed by atoms with Crippen LogP contribution in [0.3, 0.4) is 0 Å². The molecular formula is C50H31N3O. The Morgan fingerprint density at radius 1 is 0.370 bits per heavy atom. The second kappa shape index (κ2) is 12.1. The van der Waals surface area contributed by atoms with Gasteiger partial charge < -0.3 is 8.98 Å². The molecule has 11 rings (SSSR count). The maximum atomic E-state index is 6.88. The molecule has 0 aliphatic rings. The topological polar surface area (TPSA) is 43.9 Å². The van der Waals surface area contributed by atoms with Gasteiger partial charge >= 0.3 is 0 Å². The number of fused-ring (bicyclic) bond motifs is 7. The molecule has 252 valence electrons. The average Bonchev–Trinajstić information content (AvgIpc) is 3.79. The summed E-state index contributed by atoms with van der Waals surface area (Å²) in [5.41, 5.74) is 13.4. The molecule has 0 aliphatic heterocycles. The van der Waals surface area contributed by atoms with Crippen molar-refractivity contribution in [1.29, 1.82) is 0 Å². The maximum absolute atomic E-state index is 6.88. The Morgan fingerprint density at radius 3 is 1.61 bits per heavy atom. The zero-order valence-corrected chi connectivity index (χ0v) is 29.1. The molecule has 0 atom stereocenters. The Hall–Kier alpha value is -7.30. The third-order valence-corrected chi connectivity index (χ3v) is 10.6. The van der Waals surface area contributed by atoms with Crippen molar-refractivity contribution in [1.82, 2.24) is 14.5 Å². The molecule has 3 aromatic heterocycles. The quantitative estimate of drug-likeness (QED) is 0.181. The highest BCUT2D eigenvalue weighted by Crippen LogP contribution is 2.41. The van der Waals surface area contributed by atoms with E-state index in [1.165, 1.54) is 33.0 Å². The van der Waals surface area contributed by atoms with E-state index in [-0.39, 0.29) is 0 Å². The monoisotopic (exact) mass is 689 g/mol. The zero-order chi connectivity index (χ0) is 35.6. The minimum atomic E-state index is 0.668. The normalized spacial score (nSPS) is 11.7. The number of benzene rings is 8. The molecule has 0 unspecified atom stereocenters. The fraction of sp³-hybridized carbons (Fsp3) is 0. The molecule has 8 aromatic carbocycles. The first-order valence-electron chi connectivity index (χ1n) is 18.2. The zero-order valence-electron chi connectivity index (χ0n) is 29.1. The molecule has 4 heteroatoms. The highest BCUT2D eigenvalue weighted by atomic mass is 16.3. The van der Waals surface area contributed by atoms with Crippen LogP contribution in [-0.2, 0) is 0 Å². The summed E-state index contributed by atoms with van der Waals surface area (Å²) < 4.78 is 9.24. The summed E-state index contributed by atoms with van der Waals surface area (Å²) >= 11 is 0. The predicted octanol–water partition coefficient (Wildman–Crippen LogP) is 13.3. The van der Waals surface area contributed by atoms with E-state index < -0.39 is 0 Å². The Balaban J connectivity index is 1.11. The molecule has 0 saturated heterocycles. The molecule has 54 heavy (non-hydrogen) atoms. The van der Waals surface area contributed by atoms with E-state index in [1.54, 1.807) is 0 Å². The summed E-state index contributed by atoms with van der Waals surface area (Å²) in [7, 11) is 0. The van der Waals surface area contributed by atoms with Gasteiger partial charge in [0.15, 0.2) is 11.4 Å². The van der Waals surface area contributed by atoms with Gasteiger partial charge in [-0.3, -0.25) is 0 Å². The number of hydrogen-bond donors (Lipinski definition) is 0. The third-order valence-electron chi connectivity index (χ3n) is 10.6. The van der Waals surface area contributed by atoms with Crippen molar-refractivity contribution in [3.8, 4) is 50.6 Å². The van der Waals surface area contributed by atoms with Gasteiger partial charge in [0.2, 0.25) is 0 Å². The van der Waals surface area contributed by atoms with Crippen LogP contribution in [0.15, 0.2) is 192 Å². The van der Waals surface area contributed by atoms with Gasteiger partial charge in [-0.25, -0.2) is 9.97 Å². The van der Waals surface area contributed by atoms with Crippen LogP contribution in [0.4, 0.5) is 0 Å². The van der Waals surface area contributed by atoms with Gasteiger partial charge in [-0.1, -0.05) is 140 Å². The van der Waals surface area contributed by atoms with Gasteiger partial charge in [0, 0.05) is 38.1 Å². The van der Waals surface area contributed by atoms with Crippen molar-refractivity contribution in [3.63, 3.8) is 0 Å². The van der Waals surface area contributed by atoms with Crippen LogP contribution in [-0.4, -0.2) is 14.5 Å². The van der Waals surface area contributed by atoms with Gasteiger partial charge in [0.05, 0.1) is 27.9 Å². The van der Waals surface area contributed by atoms with E-state index >= 15 is 0 Å². The van der Waals surface area contributed by atoms with Crippen molar-refractivity contribution in [2.45, 2.75) is 0 Å². The highest BCUT2D eigenvalue weighted by Gasteiger charge is 2.20. The lowest BCUT2D eigenvalue weighted by Gasteiger charge is -2.09. The fourth-order valence-electron chi connectivity index (χ4n) is 8.02. The molecule has 0 spiro atoms. The van der Waals surface area contributed by atoms with Crippen LogP contribution in [0.5, 0.6) is 0 Å². The van der Waals surface area contributed by atoms with Crippen LogP contribution in [0.2, 0.25) is 0 Å². The van der Waals surface area contributed by atoms with Crippen molar-refractivity contribution in [2.24, 2.45) is 0 Å². The Bertz CT molecular complexity index is 3100. The maximum Gasteiger partial charge on any atom is 0.160 e. The fourth-order valence-corrected chi connectivity index (χ4v) is 8.02. The Morgan fingerprint density at radius 2 is 0.944 bits per heavy atom. The lowest BCUT2D eigenvalue weighted by molar-refractivity contribution is 0.666. The summed E-state index contributed by atoms with van der Waals surface area (Å²) in [5.74, 6) is 0.668. The van der Waals surface area contributed by atoms with Crippen molar-refractivity contribution in [3.05, 3.63) is 188 Å². The van der Waals surface area contributed by atoms with Crippen LogP contribution < -0.4 is 0 Å². The summed E-state index contributed by atoms with van der Waals surface area (Å²) in [6, 6.07) is 66.1. The Kier molecular flexibility index (Phi) is 6.82. The second-order valence-corrected chi connectivity index (χ2v) is 13.8. The lowest BCUT2D eigenvalue weighted by Crippen LogP contribution is -1.95. The highest BCUT2D eigenvalue weighted by molar-refractivity contribution is 6.14. The van der Waals surface area contributed by atoms with Crippen LogP contribution in [0, 0.1) is 0 Å². The van der Waals surface area contributed by atoms with E-state index in [2.05, 4.69) is 162 Å². The molecule has 3 heterocycles. The van der Waals surface area contributed by atoms with Crippen LogP contribution >= 0.6 is 0 Å². The molecule has 0 amide bonds. The van der Waals surface area contributed by atoms with E-state index in [0.29, 0.717) is 5.82 Å². The first kappa shape index (κ1) is 30.3. The van der Waals surface area contributed by atoms with E-state index in [9.17, 15) is 0 Å². The molecular weight excluding hydrogens is 659 g/mol. The number of nitrogens with zero attached hydrogens (tertiary/aromatic N) is 3. The minimum absolute atomic E-state index is 0.668. The first-order valence-corrected chi connectivity index (χ1v) is 18.2. The first-order chi connectivity index (χ1) is 26.8. The van der Waals surface area contributed by atoms with Gasteiger partial charge in [-0.2, -0.15) is 0 Å². The number of hydrogen-bond acceptors (Lipinski definition) is 3. The molecule has 0 N–H and O–H groups in total. The molecule has 0 saturated carbocycles. The summed E-state index contributed by atoms with van der Waals surface area (Å²) in [6.07, 6.45) is 0. The van der Waals surface area contributed by atoms with Crippen molar-refractivity contribution < 1.29 is 4.42 Å². The van der Waals surface area contributed by atoms with E-state index in [0.717, 1.165) is 66.4 Å². The molecule has 0 fully saturated rings. The molecule has 0 bridgehead atoms. The number of para-hydroxylation sites is 2. The third kappa shape index (κ3) is 4.85. The summed E-state index contributed by atoms with van der Waals surface area (Å²) in [4.78, 5) is 10.1.